The average Bonchev–Trinajstić information content (AvgIpc) is 2.49. The Bertz CT molecular complexity index is 624. The van der Waals surface area contributed by atoms with Gasteiger partial charge in [0.2, 0.25) is 0 Å². The van der Waals surface area contributed by atoms with Gasteiger partial charge in [-0.25, -0.2) is 0 Å². The maximum absolute atomic E-state index is 6.12. The molecule has 3 rings (SSSR count). The number of para-hydroxylation sites is 1. The van der Waals surface area contributed by atoms with E-state index in [9.17, 15) is 0 Å². The molecule has 0 aromatic heterocycles. The molecule has 0 saturated heterocycles. The highest BCUT2D eigenvalue weighted by atomic mass is 79.9. The van der Waals surface area contributed by atoms with Crippen LogP contribution < -0.4 is 9.47 Å². The van der Waals surface area contributed by atoms with Gasteiger partial charge in [0.25, 0.3) is 0 Å². The third-order valence-electron chi connectivity index (χ3n) is 3.89. The molecule has 0 saturated carbocycles. The molecule has 1 atom stereocenters. The van der Waals surface area contributed by atoms with Crippen molar-refractivity contribution < 1.29 is 9.47 Å². The average molecular weight is 347 g/mol. The topological polar surface area (TPSA) is 18.5 Å². The predicted octanol–water partition coefficient (Wildman–Crippen LogP) is 4.70. The molecule has 0 heterocycles. The lowest BCUT2D eigenvalue weighted by Crippen LogP contribution is -2.23. The maximum atomic E-state index is 6.12. The maximum Gasteiger partial charge on any atom is 0.165 e. The van der Waals surface area contributed by atoms with Crippen molar-refractivity contribution in [2.24, 2.45) is 0 Å². The predicted molar refractivity (Wildman–Crippen MR) is 88.6 cm³/mol. The van der Waals surface area contributed by atoms with Crippen molar-refractivity contribution in [1.82, 2.24) is 0 Å². The lowest BCUT2D eigenvalue weighted by atomic mass is 9.78. The van der Waals surface area contributed by atoms with Crippen molar-refractivity contribution in [2.45, 2.75) is 24.6 Å². The Morgan fingerprint density at radius 1 is 1.10 bits per heavy atom. The molecule has 0 amide bonds. The van der Waals surface area contributed by atoms with E-state index in [0.717, 1.165) is 28.8 Å². The number of alkyl halides is 1. The summed E-state index contributed by atoms with van der Waals surface area (Å²) in [6.45, 7) is 3.35. The molecule has 1 unspecified atom stereocenters. The van der Waals surface area contributed by atoms with Gasteiger partial charge in [0.1, 0.15) is 0 Å². The molecule has 3 heteroatoms. The van der Waals surface area contributed by atoms with Crippen molar-refractivity contribution in [1.29, 1.82) is 0 Å². The normalized spacial score (nSPS) is 16.0. The standard InChI is InChI=1S/C18H19BrO2/c1-2-20-17-9-5-7-14(11-19)18(17)21-12-15-10-13-6-3-4-8-16(13)15/h3-9,15H,2,10-12H2,1H3. The van der Waals surface area contributed by atoms with Gasteiger partial charge in [-0.2, -0.15) is 0 Å². The molecule has 0 N–H and O–H groups in total. The van der Waals surface area contributed by atoms with Crippen LogP contribution in [0.5, 0.6) is 11.5 Å². The fourth-order valence-electron chi connectivity index (χ4n) is 2.79. The SMILES string of the molecule is CCOc1cccc(CBr)c1OCC1Cc2ccccc21. The number of hydrogen-bond donors (Lipinski definition) is 0. The van der Waals surface area contributed by atoms with E-state index in [4.69, 9.17) is 9.47 Å². The first-order valence-corrected chi connectivity index (χ1v) is 8.47. The van der Waals surface area contributed by atoms with Crippen LogP contribution in [-0.2, 0) is 11.8 Å². The van der Waals surface area contributed by atoms with Gasteiger partial charge in [-0.1, -0.05) is 52.3 Å². The number of rotatable bonds is 6. The fraction of sp³-hybridized carbons (Fsp3) is 0.333. The van der Waals surface area contributed by atoms with E-state index >= 15 is 0 Å². The second kappa shape index (κ2) is 6.52. The number of halogens is 1. The molecule has 0 fully saturated rings. The van der Waals surface area contributed by atoms with Gasteiger partial charge in [-0.15, -0.1) is 0 Å². The molecule has 0 spiro atoms. The van der Waals surface area contributed by atoms with E-state index in [-0.39, 0.29) is 0 Å². The van der Waals surface area contributed by atoms with Crippen LogP contribution in [0.1, 0.15) is 29.5 Å². The lowest BCUT2D eigenvalue weighted by Gasteiger charge is -2.30. The molecule has 110 valence electrons. The van der Waals surface area contributed by atoms with Gasteiger partial charge in [0.15, 0.2) is 11.5 Å². The first-order chi connectivity index (χ1) is 10.3. The number of fused-ring (bicyclic) bond motifs is 1. The summed E-state index contributed by atoms with van der Waals surface area (Å²) < 4.78 is 11.8. The van der Waals surface area contributed by atoms with Gasteiger partial charge in [-0.05, 0) is 30.5 Å². The zero-order chi connectivity index (χ0) is 14.7. The van der Waals surface area contributed by atoms with E-state index < -0.39 is 0 Å². The lowest BCUT2D eigenvalue weighted by molar-refractivity contribution is 0.250. The molecule has 1 aliphatic carbocycles. The van der Waals surface area contributed by atoms with E-state index in [1.54, 1.807) is 0 Å². The smallest absolute Gasteiger partial charge is 0.165 e. The van der Waals surface area contributed by atoms with Gasteiger partial charge >= 0.3 is 0 Å². The highest BCUT2D eigenvalue weighted by molar-refractivity contribution is 9.08. The van der Waals surface area contributed by atoms with E-state index in [1.807, 2.05) is 19.1 Å². The zero-order valence-corrected chi connectivity index (χ0v) is 13.7. The summed E-state index contributed by atoms with van der Waals surface area (Å²) in [7, 11) is 0. The summed E-state index contributed by atoms with van der Waals surface area (Å²) in [5, 5.41) is 0.768. The molecule has 2 nitrogen and oxygen atoms in total. The summed E-state index contributed by atoms with van der Waals surface area (Å²) in [6.07, 6.45) is 1.11. The Balaban J connectivity index is 1.73. The molecule has 0 aliphatic heterocycles. The van der Waals surface area contributed by atoms with Crippen molar-refractivity contribution in [3.63, 3.8) is 0 Å². The van der Waals surface area contributed by atoms with Gasteiger partial charge in [0.05, 0.1) is 13.2 Å². The monoisotopic (exact) mass is 346 g/mol. The molecule has 0 radical (unpaired) electrons. The summed E-state index contributed by atoms with van der Waals surface area (Å²) in [5.74, 6) is 2.21. The van der Waals surface area contributed by atoms with Gasteiger partial charge in [0, 0.05) is 16.8 Å². The fourth-order valence-corrected chi connectivity index (χ4v) is 3.24. The van der Waals surface area contributed by atoms with Crippen molar-refractivity contribution in [2.75, 3.05) is 13.2 Å². The Labute approximate surface area is 134 Å². The van der Waals surface area contributed by atoms with E-state index in [1.165, 1.54) is 11.1 Å². The van der Waals surface area contributed by atoms with E-state index in [2.05, 4.69) is 46.3 Å². The second-order valence-corrected chi connectivity index (χ2v) is 5.78. The van der Waals surface area contributed by atoms with Crippen LogP contribution >= 0.6 is 15.9 Å². The molecule has 2 aromatic carbocycles. The van der Waals surface area contributed by atoms with Crippen LogP contribution in [0.3, 0.4) is 0 Å². The zero-order valence-electron chi connectivity index (χ0n) is 12.1. The highest BCUT2D eigenvalue weighted by Gasteiger charge is 2.26. The Hall–Kier alpha value is -1.48. The largest absolute Gasteiger partial charge is 0.490 e. The quantitative estimate of drug-likeness (QED) is 0.706. The Morgan fingerprint density at radius 3 is 2.71 bits per heavy atom. The minimum Gasteiger partial charge on any atom is -0.490 e. The third-order valence-corrected chi connectivity index (χ3v) is 4.50. The van der Waals surface area contributed by atoms with Crippen LogP contribution in [0.15, 0.2) is 42.5 Å². The van der Waals surface area contributed by atoms with Crippen LogP contribution in [0.25, 0.3) is 0 Å². The summed E-state index contributed by atoms with van der Waals surface area (Å²) in [5.41, 5.74) is 4.00. The van der Waals surface area contributed by atoms with Crippen molar-refractivity contribution >= 4 is 15.9 Å². The molecule has 0 bridgehead atoms. The second-order valence-electron chi connectivity index (χ2n) is 5.22. The van der Waals surface area contributed by atoms with Crippen molar-refractivity contribution in [3.05, 3.63) is 59.2 Å². The molecule has 21 heavy (non-hydrogen) atoms. The number of ether oxygens (including phenoxy) is 2. The molecular weight excluding hydrogens is 328 g/mol. The van der Waals surface area contributed by atoms with E-state index in [0.29, 0.717) is 19.1 Å². The van der Waals surface area contributed by atoms with Crippen LogP contribution in [0.4, 0.5) is 0 Å². The first-order valence-electron chi connectivity index (χ1n) is 7.34. The third kappa shape index (κ3) is 2.93. The van der Waals surface area contributed by atoms with Crippen LogP contribution in [0, 0.1) is 0 Å². The Morgan fingerprint density at radius 2 is 1.95 bits per heavy atom. The van der Waals surface area contributed by atoms with Crippen molar-refractivity contribution in [3.8, 4) is 11.5 Å². The van der Waals surface area contributed by atoms with Crippen LogP contribution in [-0.4, -0.2) is 13.2 Å². The highest BCUT2D eigenvalue weighted by Crippen LogP contribution is 2.38. The molecular formula is C18H19BrO2. The summed E-state index contributed by atoms with van der Waals surface area (Å²) in [6, 6.07) is 14.6. The number of hydrogen-bond acceptors (Lipinski definition) is 2. The van der Waals surface area contributed by atoms with Crippen LogP contribution in [0.2, 0.25) is 0 Å². The summed E-state index contributed by atoms with van der Waals surface area (Å²) >= 11 is 3.52. The minimum atomic E-state index is 0.499. The Kier molecular flexibility index (Phi) is 4.49. The summed E-state index contributed by atoms with van der Waals surface area (Å²) in [4.78, 5) is 0. The van der Waals surface area contributed by atoms with Gasteiger partial charge < -0.3 is 9.47 Å². The molecule has 2 aromatic rings. The first kappa shape index (κ1) is 14.5. The number of benzene rings is 2. The molecule has 1 aliphatic rings. The van der Waals surface area contributed by atoms with Gasteiger partial charge in [-0.3, -0.25) is 0 Å². The minimum absolute atomic E-state index is 0.499.